The summed E-state index contributed by atoms with van der Waals surface area (Å²) in [4.78, 5) is 27.8. The van der Waals surface area contributed by atoms with Crippen LogP contribution in [-0.2, 0) is 14.3 Å². The van der Waals surface area contributed by atoms with Gasteiger partial charge in [-0.2, -0.15) is 0 Å². The van der Waals surface area contributed by atoms with E-state index in [1.165, 1.54) is 0 Å². The van der Waals surface area contributed by atoms with Crippen molar-refractivity contribution < 1.29 is 23.8 Å². The summed E-state index contributed by atoms with van der Waals surface area (Å²) in [6.45, 7) is 10.6. The van der Waals surface area contributed by atoms with Crippen molar-refractivity contribution in [2.45, 2.75) is 52.2 Å². The largest absolute Gasteiger partial charge is 0.487 e. The molecule has 0 aliphatic carbocycles. The Labute approximate surface area is 172 Å². The van der Waals surface area contributed by atoms with E-state index in [1.807, 2.05) is 52.0 Å². The quantitative estimate of drug-likeness (QED) is 0.700. The highest BCUT2D eigenvalue weighted by molar-refractivity contribution is 5.73. The maximum absolute atomic E-state index is 12.0. The van der Waals surface area contributed by atoms with E-state index in [4.69, 9.17) is 14.2 Å². The zero-order chi connectivity index (χ0) is 21.0. The smallest absolute Gasteiger partial charge is 0.410 e. The molecule has 0 bridgehead atoms. The Morgan fingerprint density at radius 2 is 1.69 bits per heavy atom. The topological polar surface area (TPSA) is 68.3 Å². The zero-order valence-corrected chi connectivity index (χ0v) is 17.8. The molecule has 0 aromatic heterocycles. The van der Waals surface area contributed by atoms with Crippen LogP contribution < -0.4 is 9.64 Å². The van der Waals surface area contributed by atoms with Gasteiger partial charge in [-0.15, -0.1) is 0 Å². The number of amides is 1. The minimum Gasteiger partial charge on any atom is -0.487 e. The van der Waals surface area contributed by atoms with Crippen molar-refractivity contribution >= 4 is 17.7 Å². The lowest BCUT2D eigenvalue weighted by Gasteiger charge is -2.39. The summed E-state index contributed by atoms with van der Waals surface area (Å²) >= 11 is 0. The van der Waals surface area contributed by atoms with Crippen molar-refractivity contribution in [1.82, 2.24) is 4.90 Å². The number of esters is 1. The molecule has 2 saturated heterocycles. The second kappa shape index (κ2) is 8.93. The molecular weight excluding hydrogens is 372 g/mol. The van der Waals surface area contributed by atoms with Gasteiger partial charge in [-0.05, 0) is 64.8 Å². The average molecular weight is 405 g/mol. The standard InChI is InChI=1S/C22H32N2O5/c1-5-27-20(25)16-10-12-23(13-11-16)17-6-8-18(9-7-17)28-19-14-24(15-19)21(26)29-22(2,3)4/h6-9,16,19H,5,10-15H2,1-4H3. The van der Waals surface area contributed by atoms with Gasteiger partial charge in [-0.3, -0.25) is 4.79 Å². The molecule has 0 atom stereocenters. The molecule has 7 heteroatoms. The third kappa shape index (κ3) is 5.78. The van der Waals surface area contributed by atoms with Gasteiger partial charge in [0.1, 0.15) is 17.5 Å². The zero-order valence-electron chi connectivity index (χ0n) is 17.8. The third-order valence-electron chi connectivity index (χ3n) is 5.12. The van der Waals surface area contributed by atoms with E-state index in [9.17, 15) is 9.59 Å². The lowest BCUT2D eigenvalue weighted by Crippen LogP contribution is -2.57. The van der Waals surface area contributed by atoms with Gasteiger partial charge in [0, 0.05) is 18.8 Å². The predicted molar refractivity (Wildman–Crippen MR) is 110 cm³/mol. The Kier molecular flexibility index (Phi) is 6.55. The van der Waals surface area contributed by atoms with Gasteiger partial charge in [0.2, 0.25) is 0 Å². The normalized spacial score (nSPS) is 18.2. The highest BCUT2D eigenvalue weighted by Gasteiger charge is 2.35. The number of hydrogen-bond acceptors (Lipinski definition) is 6. The molecule has 1 aromatic carbocycles. The Morgan fingerprint density at radius 3 is 2.24 bits per heavy atom. The molecule has 0 saturated carbocycles. The van der Waals surface area contributed by atoms with Gasteiger partial charge in [-0.1, -0.05) is 0 Å². The minimum atomic E-state index is -0.482. The lowest BCUT2D eigenvalue weighted by molar-refractivity contribution is -0.148. The first kappa shape index (κ1) is 21.3. The number of nitrogens with zero attached hydrogens (tertiary/aromatic N) is 2. The van der Waals surface area contributed by atoms with Crippen molar-refractivity contribution in [2.75, 3.05) is 37.7 Å². The Bertz CT molecular complexity index is 699. The van der Waals surface area contributed by atoms with Crippen LogP contribution in [0.4, 0.5) is 10.5 Å². The molecule has 0 spiro atoms. The SMILES string of the molecule is CCOC(=O)C1CCN(c2ccc(OC3CN(C(=O)OC(C)(C)C)C3)cc2)CC1. The van der Waals surface area contributed by atoms with Gasteiger partial charge in [0.15, 0.2) is 0 Å². The monoisotopic (exact) mass is 404 g/mol. The van der Waals surface area contributed by atoms with Gasteiger partial charge in [0.05, 0.1) is 25.6 Å². The van der Waals surface area contributed by atoms with E-state index in [-0.39, 0.29) is 24.1 Å². The predicted octanol–water partition coefficient (Wildman–Crippen LogP) is 3.46. The third-order valence-corrected chi connectivity index (χ3v) is 5.12. The number of rotatable bonds is 5. The number of anilines is 1. The molecule has 160 valence electrons. The van der Waals surface area contributed by atoms with Crippen molar-refractivity contribution in [3.63, 3.8) is 0 Å². The number of carbonyl (C=O) groups excluding carboxylic acids is 2. The fourth-order valence-corrected chi connectivity index (χ4v) is 3.55. The summed E-state index contributed by atoms with van der Waals surface area (Å²) < 4.78 is 16.4. The van der Waals surface area contributed by atoms with Gasteiger partial charge in [-0.25, -0.2) is 4.79 Å². The summed E-state index contributed by atoms with van der Waals surface area (Å²) in [5.41, 5.74) is 0.646. The lowest BCUT2D eigenvalue weighted by atomic mass is 9.96. The Morgan fingerprint density at radius 1 is 1.07 bits per heavy atom. The molecule has 0 unspecified atom stereocenters. The van der Waals surface area contributed by atoms with E-state index >= 15 is 0 Å². The maximum atomic E-state index is 12.0. The number of hydrogen-bond donors (Lipinski definition) is 0. The van der Waals surface area contributed by atoms with Crippen molar-refractivity contribution in [3.8, 4) is 5.75 Å². The van der Waals surface area contributed by atoms with E-state index in [1.54, 1.807) is 4.90 Å². The van der Waals surface area contributed by atoms with Crippen LogP contribution in [0.15, 0.2) is 24.3 Å². The molecule has 29 heavy (non-hydrogen) atoms. The molecule has 2 aliphatic rings. The molecule has 1 amide bonds. The summed E-state index contributed by atoms with van der Waals surface area (Å²) in [5.74, 6) is 0.737. The van der Waals surface area contributed by atoms with Crippen LogP contribution in [0.5, 0.6) is 5.75 Å². The molecule has 1 aromatic rings. The van der Waals surface area contributed by atoms with E-state index in [0.29, 0.717) is 19.7 Å². The van der Waals surface area contributed by atoms with Crippen LogP contribution in [0.3, 0.4) is 0 Å². The molecule has 0 N–H and O–H groups in total. The number of likely N-dealkylation sites (tertiary alicyclic amines) is 1. The first-order valence-corrected chi connectivity index (χ1v) is 10.4. The van der Waals surface area contributed by atoms with E-state index in [0.717, 1.165) is 37.4 Å². The summed E-state index contributed by atoms with van der Waals surface area (Å²) in [5, 5.41) is 0. The van der Waals surface area contributed by atoms with Crippen LogP contribution >= 0.6 is 0 Å². The molecule has 0 radical (unpaired) electrons. The number of ether oxygens (including phenoxy) is 3. The van der Waals surface area contributed by atoms with E-state index < -0.39 is 5.60 Å². The fourth-order valence-electron chi connectivity index (χ4n) is 3.55. The first-order valence-electron chi connectivity index (χ1n) is 10.4. The Balaban J connectivity index is 1.42. The average Bonchev–Trinajstić information content (AvgIpc) is 2.63. The van der Waals surface area contributed by atoms with Crippen LogP contribution in [-0.4, -0.2) is 61.5 Å². The van der Waals surface area contributed by atoms with Gasteiger partial charge in [0.25, 0.3) is 0 Å². The van der Waals surface area contributed by atoms with Gasteiger partial charge < -0.3 is 24.0 Å². The first-order chi connectivity index (χ1) is 13.7. The van der Waals surface area contributed by atoms with E-state index in [2.05, 4.69) is 4.90 Å². The summed E-state index contributed by atoms with van der Waals surface area (Å²) in [7, 11) is 0. The van der Waals surface area contributed by atoms with Crippen molar-refractivity contribution in [2.24, 2.45) is 5.92 Å². The molecule has 2 fully saturated rings. The minimum absolute atomic E-state index is 0.00584. The maximum Gasteiger partial charge on any atom is 0.410 e. The molecular formula is C22H32N2O5. The fraction of sp³-hybridized carbons (Fsp3) is 0.636. The van der Waals surface area contributed by atoms with Crippen LogP contribution in [0.2, 0.25) is 0 Å². The highest BCUT2D eigenvalue weighted by atomic mass is 16.6. The number of benzene rings is 1. The molecule has 3 rings (SSSR count). The molecule has 2 aliphatic heterocycles. The number of carbonyl (C=O) groups is 2. The molecule has 2 heterocycles. The number of piperidine rings is 1. The molecule has 7 nitrogen and oxygen atoms in total. The van der Waals surface area contributed by atoms with Crippen LogP contribution in [0.1, 0.15) is 40.5 Å². The Hall–Kier alpha value is -2.44. The van der Waals surface area contributed by atoms with Gasteiger partial charge >= 0.3 is 12.1 Å². The second-order valence-electron chi connectivity index (χ2n) is 8.63. The highest BCUT2D eigenvalue weighted by Crippen LogP contribution is 2.27. The van der Waals surface area contributed by atoms with Crippen LogP contribution in [0.25, 0.3) is 0 Å². The summed E-state index contributed by atoms with van der Waals surface area (Å²) in [6.07, 6.45) is 1.34. The van der Waals surface area contributed by atoms with Crippen LogP contribution in [0, 0.1) is 5.92 Å². The summed E-state index contributed by atoms with van der Waals surface area (Å²) in [6, 6.07) is 8.01. The van der Waals surface area contributed by atoms with Crippen molar-refractivity contribution in [3.05, 3.63) is 24.3 Å². The van der Waals surface area contributed by atoms with Crippen molar-refractivity contribution in [1.29, 1.82) is 0 Å². The second-order valence-corrected chi connectivity index (χ2v) is 8.63.